The molecule has 0 amide bonds. The largest absolute Gasteiger partial charge is 0.451 e. The minimum atomic E-state index is -4.93. The predicted molar refractivity (Wildman–Crippen MR) is 27.9 cm³/mol. The SMILES string of the molecule is CC=C=C=C(F)C(F)(F)F. The maximum absolute atomic E-state index is 11.7. The number of alkyl halides is 3. The molecule has 0 aromatic rings. The van der Waals surface area contributed by atoms with Crippen LogP contribution >= 0.6 is 0 Å². The van der Waals surface area contributed by atoms with Crippen LogP contribution < -0.4 is 0 Å². The lowest BCUT2D eigenvalue weighted by molar-refractivity contribution is -0.108. The van der Waals surface area contributed by atoms with Gasteiger partial charge in [0, 0.05) is 0 Å². The van der Waals surface area contributed by atoms with E-state index in [9.17, 15) is 17.6 Å². The smallest absolute Gasteiger partial charge is 0.192 e. The van der Waals surface area contributed by atoms with Gasteiger partial charge in [0.2, 0.25) is 0 Å². The zero-order valence-electron chi connectivity index (χ0n) is 5.09. The Kier molecular flexibility index (Phi) is 2.94. The summed E-state index contributed by atoms with van der Waals surface area (Å²) in [6.07, 6.45) is -3.80. The Morgan fingerprint density at radius 1 is 1.40 bits per heavy atom. The van der Waals surface area contributed by atoms with E-state index in [1.807, 2.05) is 5.73 Å². The molecule has 0 aliphatic heterocycles. The van der Waals surface area contributed by atoms with Crippen molar-refractivity contribution in [2.75, 3.05) is 0 Å². The second kappa shape index (κ2) is 3.25. The Morgan fingerprint density at radius 2 is 1.90 bits per heavy atom. The summed E-state index contributed by atoms with van der Waals surface area (Å²) < 4.78 is 45.4. The lowest BCUT2D eigenvalue weighted by atomic mass is 10.5. The molecular weight excluding hydrogens is 148 g/mol. The van der Waals surface area contributed by atoms with E-state index in [1.165, 1.54) is 12.7 Å². The number of hydrogen-bond donors (Lipinski definition) is 0. The van der Waals surface area contributed by atoms with E-state index in [2.05, 4.69) is 0 Å². The third-order valence-corrected chi connectivity index (χ3v) is 0.575. The third-order valence-electron chi connectivity index (χ3n) is 0.575. The van der Waals surface area contributed by atoms with Gasteiger partial charge in [0.25, 0.3) is 5.83 Å². The molecule has 0 aliphatic rings. The summed E-state index contributed by atoms with van der Waals surface area (Å²) in [6, 6.07) is 0. The molecule has 0 rings (SSSR count). The fourth-order valence-corrected chi connectivity index (χ4v) is 0.206. The normalized spacial score (nSPS) is 9.70. The van der Waals surface area contributed by atoms with Crippen LogP contribution in [0, 0.1) is 0 Å². The van der Waals surface area contributed by atoms with Gasteiger partial charge in [-0.25, -0.2) is 0 Å². The van der Waals surface area contributed by atoms with Gasteiger partial charge in [-0.3, -0.25) is 0 Å². The number of allylic oxidation sites excluding steroid dienone is 2. The summed E-state index contributed by atoms with van der Waals surface area (Å²) >= 11 is 0. The minimum absolute atomic E-state index is 1.13. The summed E-state index contributed by atoms with van der Waals surface area (Å²) in [7, 11) is 0. The predicted octanol–water partition coefficient (Wildman–Crippen LogP) is 2.73. The zero-order valence-corrected chi connectivity index (χ0v) is 5.09. The van der Waals surface area contributed by atoms with Gasteiger partial charge in [0.05, 0.1) is 0 Å². The Labute approximate surface area is 55.2 Å². The Bertz CT molecular complexity index is 198. The molecule has 0 atom stereocenters. The number of halogens is 4. The topological polar surface area (TPSA) is 0 Å². The molecule has 0 saturated heterocycles. The van der Waals surface area contributed by atoms with Crippen molar-refractivity contribution in [2.45, 2.75) is 13.1 Å². The minimum Gasteiger partial charge on any atom is -0.192 e. The van der Waals surface area contributed by atoms with Crippen molar-refractivity contribution in [2.24, 2.45) is 0 Å². The molecule has 0 aromatic heterocycles. The highest BCUT2D eigenvalue weighted by Crippen LogP contribution is 2.24. The molecule has 0 radical (unpaired) electrons. The van der Waals surface area contributed by atoms with Crippen molar-refractivity contribution in [1.29, 1.82) is 0 Å². The number of hydrogen-bond acceptors (Lipinski definition) is 0. The van der Waals surface area contributed by atoms with E-state index in [1.54, 1.807) is 0 Å². The van der Waals surface area contributed by atoms with E-state index < -0.39 is 12.0 Å². The monoisotopic (exact) mass is 152 g/mol. The van der Waals surface area contributed by atoms with E-state index in [0.29, 0.717) is 0 Å². The van der Waals surface area contributed by atoms with Crippen molar-refractivity contribution in [3.05, 3.63) is 23.4 Å². The molecule has 4 heteroatoms. The standard InChI is InChI=1S/C6H4F4/c1-2-3-4-5(7)6(8,9)10/h2H,1H3. The van der Waals surface area contributed by atoms with Crippen LogP contribution in [0.5, 0.6) is 0 Å². The molecule has 0 fully saturated rings. The van der Waals surface area contributed by atoms with E-state index in [4.69, 9.17) is 0 Å². The highest BCUT2D eigenvalue weighted by atomic mass is 19.4. The highest BCUT2D eigenvalue weighted by Gasteiger charge is 2.34. The maximum Gasteiger partial charge on any atom is 0.451 e. The fourth-order valence-electron chi connectivity index (χ4n) is 0.206. The van der Waals surface area contributed by atoms with Crippen LogP contribution in [0.4, 0.5) is 17.6 Å². The first kappa shape index (κ1) is 9.02. The van der Waals surface area contributed by atoms with Crippen LogP contribution in [0.3, 0.4) is 0 Å². The van der Waals surface area contributed by atoms with Gasteiger partial charge in [0.15, 0.2) is 0 Å². The van der Waals surface area contributed by atoms with Crippen LogP contribution in [0.15, 0.2) is 23.4 Å². The molecule has 0 unspecified atom stereocenters. The second-order valence-corrected chi connectivity index (χ2v) is 1.37. The Morgan fingerprint density at radius 3 is 2.20 bits per heavy atom. The lowest BCUT2D eigenvalue weighted by Gasteiger charge is -1.96. The van der Waals surface area contributed by atoms with Crippen LogP contribution in [0.2, 0.25) is 0 Å². The van der Waals surface area contributed by atoms with Gasteiger partial charge < -0.3 is 0 Å². The lowest BCUT2D eigenvalue weighted by Crippen LogP contribution is -2.06. The average Bonchev–Trinajstić information content (AvgIpc) is 1.80. The van der Waals surface area contributed by atoms with Gasteiger partial charge >= 0.3 is 6.18 Å². The highest BCUT2D eigenvalue weighted by molar-refractivity contribution is 4.98. The molecule has 0 aliphatic carbocycles. The molecule has 0 nitrogen and oxygen atoms in total. The van der Waals surface area contributed by atoms with Gasteiger partial charge in [-0.1, -0.05) is 5.73 Å². The van der Waals surface area contributed by atoms with Crippen molar-refractivity contribution in [3.8, 4) is 0 Å². The molecule has 0 aromatic carbocycles. The average molecular weight is 152 g/mol. The van der Waals surface area contributed by atoms with Gasteiger partial charge in [-0.05, 0) is 18.7 Å². The van der Waals surface area contributed by atoms with Crippen molar-refractivity contribution in [3.63, 3.8) is 0 Å². The first-order valence-electron chi connectivity index (χ1n) is 2.37. The Hall–Kier alpha value is -0.980. The second-order valence-electron chi connectivity index (χ2n) is 1.37. The summed E-state index contributed by atoms with van der Waals surface area (Å²) in [5, 5.41) is 0. The fraction of sp³-hybridized carbons (Fsp3) is 0.333. The quantitative estimate of drug-likeness (QED) is 0.369. The molecule has 0 N–H and O–H groups in total. The first-order valence-corrected chi connectivity index (χ1v) is 2.37. The van der Waals surface area contributed by atoms with Crippen molar-refractivity contribution < 1.29 is 17.6 Å². The van der Waals surface area contributed by atoms with Gasteiger partial charge in [0.1, 0.15) is 0 Å². The van der Waals surface area contributed by atoms with Gasteiger partial charge in [-0.2, -0.15) is 17.6 Å². The van der Waals surface area contributed by atoms with Crippen LogP contribution in [0.25, 0.3) is 0 Å². The summed E-state index contributed by atoms with van der Waals surface area (Å²) in [5.74, 6) is -2.26. The first-order chi connectivity index (χ1) is 4.48. The van der Waals surface area contributed by atoms with Crippen LogP contribution in [-0.4, -0.2) is 6.18 Å². The van der Waals surface area contributed by atoms with Crippen molar-refractivity contribution >= 4 is 0 Å². The molecule has 0 spiro atoms. The maximum atomic E-state index is 11.7. The summed E-state index contributed by atoms with van der Waals surface area (Å²) in [4.78, 5) is 0. The van der Waals surface area contributed by atoms with Crippen molar-refractivity contribution in [1.82, 2.24) is 0 Å². The van der Waals surface area contributed by atoms with Crippen LogP contribution in [0.1, 0.15) is 6.92 Å². The van der Waals surface area contributed by atoms with Gasteiger partial charge in [-0.15, -0.1) is 0 Å². The third kappa shape index (κ3) is 3.13. The zero-order chi connectivity index (χ0) is 8.20. The summed E-state index contributed by atoms with van der Waals surface area (Å²) in [6.45, 7) is 1.41. The summed E-state index contributed by atoms with van der Waals surface area (Å²) in [5.41, 5.74) is 3.14. The molecule has 56 valence electrons. The van der Waals surface area contributed by atoms with E-state index >= 15 is 0 Å². The van der Waals surface area contributed by atoms with E-state index in [0.717, 1.165) is 6.08 Å². The number of rotatable bonds is 0. The van der Waals surface area contributed by atoms with Crippen LogP contribution in [-0.2, 0) is 0 Å². The molecule has 0 bridgehead atoms. The Balaban J connectivity index is 4.68. The van der Waals surface area contributed by atoms with E-state index in [-0.39, 0.29) is 0 Å². The molecule has 0 heterocycles. The molecule has 10 heavy (non-hydrogen) atoms. The molecule has 0 saturated carbocycles. The molecular formula is C6H4F4.